The normalized spacial score (nSPS) is 15.2. The monoisotopic (exact) mass is 428 g/mol. The van der Waals surface area contributed by atoms with Gasteiger partial charge in [-0.05, 0) is 35.2 Å². The van der Waals surface area contributed by atoms with Crippen molar-refractivity contribution in [1.29, 1.82) is 0 Å². The molecule has 1 aliphatic rings. The van der Waals surface area contributed by atoms with Crippen LogP contribution in [0, 0.1) is 0 Å². The summed E-state index contributed by atoms with van der Waals surface area (Å²) in [5.41, 5.74) is 9.69. The molecule has 0 saturated carbocycles. The molecule has 0 bridgehead atoms. The molecule has 0 aliphatic carbocycles. The summed E-state index contributed by atoms with van der Waals surface area (Å²) >= 11 is 7.96. The number of hydrogen-bond acceptors (Lipinski definition) is 5. The number of anilines is 2. The van der Waals surface area contributed by atoms with Crippen LogP contribution in [0.3, 0.4) is 0 Å². The third-order valence-electron chi connectivity index (χ3n) is 5.38. The van der Waals surface area contributed by atoms with Crippen LogP contribution >= 0.6 is 22.9 Å². The van der Waals surface area contributed by atoms with Gasteiger partial charge < -0.3 is 15.5 Å². The van der Waals surface area contributed by atoms with Crippen molar-refractivity contribution in [3.8, 4) is 0 Å². The zero-order valence-electron chi connectivity index (χ0n) is 16.9. The molecule has 0 atom stereocenters. The van der Waals surface area contributed by atoms with Gasteiger partial charge in [-0.1, -0.05) is 55.8 Å². The molecule has 7 heteroatoms. The molecule has 0 radical (unpaired) electrons. The lowest BCUT2D eigenvalue weighted by molar-refractivity contribution is 0.0747. The molecular weight excluding hydrogens is 404 g/mol. The maximum atomic E-state index is 12.9. The Kier molecular flexibility index (Phi) is 5.17. The molecule has 2 N–H and O–H groups in total. The van der Waals surface area contributed by atoms with Crippen LogP contribution in [0.2, 0.25) is 5.02 Å². The zero-order chi connectivity index (χ0) is 20.8. The molecule has 0 spiro atoms. The van der Waals surface area contributed by atoms with Gasteiger partial charge in [-0.25, -0.2) is 4.98 Å². The Morgan fingerprint density at radius 1 is 1.07 bits per heavy atom. The first kappa shape index (κ1) is 20.0. The molecule has 2 aromatic carbocycles. The smallest absolute Gasteiger partial charge is 0.253 e. The fourth-order valence-corrected chi connectivity index (χ4v) is 4.71. The van der Waals surface area contributed by atoms with Gasteiger partial charge in [0, 0.05) is 31.7 Å². The van der Waals surface area contributed by atoms with Gasteiger partial charge in [-0.15, -0.1) is 0 Å². The molecule has 0 unspecified atom stereocenters. The third-order valence-corrected chi connectivity index (χ3v) is 6.54. The Morgan fingerprint density at radius 2 is 1.72 bits per heavy atom. The van der Waals surface area contributed by atoms with E-state index >= 15 is 0 Å². The van der Waals surface area contributed by atoms with Crippen LogP contribution in [-0.4, -0.2) is 42.0 Å². The Labute approximate surface area is 180 Å². The van der Waals surface area contributed by atoms with Gasteiger partial charge in [0.05, 0.1) is 15.4 Å². The number of amides is 1. The van der Waals surface area contributed by atoms with Crippen molar-refractivity contribution in [2.24, 2.45) is 0 Å². The highest BCUT2D eigenvalue weighted by Crippen LogP contribution is 2.37. The fraction of sp³-hybridized carbons (Fsp3) is 0.364. The molecular formula is C22H25ClN4OS. The van der Waals surface area contributed by atoms with E-state index in [1.54, 1.807) is 0 Å². The molecule has 1 saturated heterocycles. The summed E-state index contributed by atoms with van der Waals surface area (Å²) in [5, 5.41) is 1.20. The van der Waals surface area contributed by atoms with Crippen LogP contribution in [0.5, 0.6) is 0 Å². The summed E-state index contributed by atoms with van der Waals surface area (Å²) in [5.74, 6) is 0.0762. The van der Waals surface area contributed by atoms with E-state index in [1.165, 1.54) is 16.9 Å². The average Bonchev–Trinajstić information content (AvgIpc) is 3.07. The molecule has 152 valence electrons. The zero-order valence-corrected chi connectivity index (χ0v) is 18.5. The maximum absolute atomic E-state index is 12.9. The van der Waals surface area contributed by atoms with E-state index in [9.17, 15) is 4.79 Å². The summed E-state index contributed by atoms with van der Waals surface area (Å²) in [6, 6.07) is 11.8. The second kappa shape index (κ2) is 7.50. The highest BCUT2D eigenvalue weighted by atomic mass is 35.5. The summed E-state index contributed by atoms with van der Waals surface area (Å²) in [4.78, 5) is 21.5. The standard InChI is InChI=1S/C22H25ClN4OS/c1-22(2,3)15-6-4-14(5-7-15)20(28)27-12-10-26(11-13-27)19-16(23)8-9-17-18(19)25-21(24)29-17/h4-9H,10-13H2,1-3H3,(H2,24,25). The molecule has 1 aliphatic heterocycles. The summed E-state index contributed by atoms with van der Waals surface area (Å²) < 4.78 is 1.03. The summed E-state index contributed by atoms with van der Waals surface area (Å²) in [6.45, 7) is 9.22. The van der Waals surface area contributed by atoms with Crippen molar-refractivity contribution in [2.75, 3.05) is 36.8 Å². The predicted molar refractivity (Wildman–Crippen MR) is 122 cm³/mol. The van der Waals surface area contributed by atoms with Crippen LogP contribution in [0.15, 0.2) is 36.4 Å². The van der Waals surface area contributed by atoms with Gasteiger partial charge in [-0.2, -0.15) is 0 Å². The highest BCUT2D eigenvalue weighted by molar-refractivity contribution is 7.22. The molecule has 5 nitrogen and oxygen atoms in total. The first-order chi connectivity index (χ1) is 13.7. The van der Waals surface area contributed by atoms with Crippen LogP contribution in [0.1, 0.15) is 36.7 Å². The van der Waals surface area contributed by atoms with Crippen molar-refractivity contribution in [2.45, 2.75) is 26.2 Å². The first-order valence-electron chi connectivity index (χ1n) is 9.73. The summed E-state index contributed by atoms with van der Waals surface area (Å²) in [7, 11) is 0. The van der Waals surface area contributed by atoms with Gasteiger partial charge in [0.1, 0.15) is 5.52 Å². The quantitative estimate of drug-likeness (QED) is 0.637. The van der Waals surface area contributed by atoms with Gasteiger partial charge in [-0.3, -0.25) is 4.79 Å². The fourth-order valence-electron chi connectivity index (χ4n) is 3.70. The summed E-state index contributed by atoms with van der Waals surface area (Å²) in [6.07, 6.45) is 0. The Hall–Kier alpha value is -2.31. The van der Waals surface area contributed by atoms with Gasteiger partial charge in [0.2, 0.25) is 0 Å². The van der Waals surface area contributed by atoms with E-state index in [4.69, 9.17) is 17.3 Å². The number of hydrogen-bond donors (Lipinski definition) is 1. The van der Waals surface area contributed by atoms with E-state index in [0.29, 0.717) is 36.3 Å². The molecule has 1 aromatic heterocycles. The van der Waals surface area contributed by atoms with Crippen LogP contribution in [-0.2, 0) is 5.41 Å². The molecule has 3 aromatic rings. The van der Waals surface area contributed by atoms with Crippen molar-refractivity contribution in [1.82, 2.24) is 9.88 Å². The minimum atomic E-state index is 0.0760. The molecule has 4 rings (SSSR count). The highest BCUT2D eigenvalue weighted by Gasteiger charge is 2.25. The Balaban J connectivity index is 1.49. The number of carbonyl (C=O) groups is 1. The van der Waals surface area contributed by atoms with Crippen LogP contribution in [0.25, 0.3) is 10.2 Å². The van der Waals surface area contributed by atoms with Crippen molar-refractivity contribution in [3.05, 3.63) is 52.5 Å². The number of nitrogen functional groups attached to an aromatic ring is 1. The van der Waals surface area contributed by atoms with Gasteiger partial charge >= 0.3 is 0 Å². The van der Waals surface area contributed by atoms with E-state index in [0.717, 1.165) is 21.5 Å². The predicted octanol–water partition coefficient (Wildman–Crippen LogP) is 4.79. The van der Waals surface area contributed by atoms with E-state index in [-0.39, 0.29) is 11.3 Å². The van der Waals surface area contributed by atoms with Crippen LogP contribution in [0.4, 0.5) is 10.8 Å². The number of thiazole rings is 1. The number of aromatic nitrogens is 1. The van der Waals surface area contributed by atoms with Crippen LogP contribution < -0.4 is 10.6 Å². The van der Waals surface area contributed by atoms with Crippen molar-refractivity contribution in [3.63, 3.8) is 0 Å². The Morgan fingerprint density at radius 3 is 2.34 bits per heavy atom. The lowest BCUT2D eigenvalue weighted by atomic mass is 9.86. The second-order valence-electron chi connectivity index (χ2n) is 8.40. The number of fused-ring (bicyclic) bond motifs is 1. The molecule has 1 fully saturated rings. The SMILES string of the molecule is CC(C)(C)c1ccc(C(=O)N2CCN(c3c(Cl)ccc4sc(N)nc34)CC2)cc1. The Bertz CT molecular complexity index is 1050. The lowest BCUT2D eigenvalue weighted by Crippen LogP contribution is -2.49. The number of nitrogens with zero attached hydrogens (tertiary/aromatic N) is 3. The topological polar surface area (TPSA) is 62.5 Å². The maximum Gasteiger partial charge on any atom is 0.253 e. The largest absolute Gasteiger partial charge is 0.375 e. The lowest BCUT2D eigenvalue weighted by Gasteiger charge is -2.36. The van der Waals surface area contributed by atoms with Gasteiger partial charge in [0.25, 0.3) is 5.91 Å². The molecule has 2 heterocycles. The minimum Gasteiger partial charge on any atom is -0.375 e. The number of nitrogens with two attached hydrogens (primary N) is 1. The van der Waals surface area contributed by atoms with Crippen molar-refractivity contribution < 1.29 is 4.79 Å². The van der Waals surface area contributed by atoms with E-state index < -0.39 is 0 Å². The molecule has 1 amide bonds. The third kappa shape index (κ3) is 3.91. The number of piperazine rings is 1. The number of carbonyl (C=O) groups excluding carboxylic acids is 1. The van der Waals surface area contributed by atoms with E-state index in [1.807, 2.05) is 29.2 Å². The second-order valence-corrected chi connectivity index (χ2v) is 9.87. The minimum absolute atomic E-state index is 0.0760. The number of rotatable bonds is 2. The molecule has 29 heavy (non-hydrogen) atoms. The number of halogens is 1. The average molecular weight is 429 g/mol. The van der Waals surface area contributed by atoms with Crippen molar-refractivity contribution >= 4 is 49.9 Å². The number of benzene rings is 2. The first-order valence-corrected chi connectivity index (χ1v) is 10.9. The van der Waals surface area contributed by atoms with Gasteiger partial charge in [0.15, 0.2) is 5.13 Å². The van der Waals surface area contributed by atoms with E-state index in [2.05, 4.69) is 42.8 Å².